The lowest BCUT2D eigenvalue weighted by Gasteiger charge is -2.10. The fraction of sp³-hybridized carbons (Fsp3) is 0.318. The van der Waals surface area contributed by atoms with Gasteiger partial charge in [0.15, 0.2) is 12.0 Å². The number of rotatable bonds is 9. The molecule has 7 heteroatoms. The number of carbonyl (C=O) groups excluding carboxylic acids is 1. The Morgan fingerprint density at radius 2 is 1.86 bits per heavy atom. The number of benzene rings is 1. The molecule has 2 aromatic heterocycles. The highest BCUT2D eigenvalue weighted by molar-refractivity contribution is 5.93. The van der Waals surface area contributed by atoms with E-state index < -0.39 is 17.9 Å². The Morgan fingerprint density at radius 1 is 1.14 bits per heavy atom. The maximum atomic E-state index is 14.8. The first-order valence-electron chi connectivity index (χ1n) is 9.64. The van der Waals surface area contributed by atoms with Gasteiger partial charge in [-0.2, -0.15) is 5.10 Å². The van der Waals surface area contributed by atoms with Crippen LogP contribution in [0, 0.1) is 0 Å². The van der Waals surface area contributed by atoms with Crippen LogP contribution in [0.5, 0.6) is 0 Å². The minimum atomic E-state index is -1.72. The second-order valence-corrected chi connectivity index (χ2v) is 6.86. The van der Waals surface area contributed by atoms with Gasteiger partial charge in [0, 0.05) is 37.5 Å². The van der Waals surface area contributed by atoms with Crippen LogP contribution >= 0.6 is 0 Å². The largest absolute Gasteiger partial charge is 0.478 e. The third kappa shape index (κ3) is 4.45. The van der Waals surface area contributed by atoms with Crippen molar-refractivity contribution < 1.29 is 19.1 Å². The molecule has 1 N–H and O–H groups in total. The zero-order valence-electron chi connectivity index (χ0n) is 16.5. The van der Waals surface area contributed by atoms with E-state index in [1.807, 2.05) is 44.2 Å². The molecule has 0 radical (unpaired) electrons. The molecule has 0 amide bonds. The number of carbonyl (C=O) groups is 2. The van der Waals surface area contributed by atoms with Gasteiger partial charge in [0.25, 0.3) is 0 Å². The molecule has 0 bridgehead atoms. The Labute approximate surface area is 168 Å². The number of alkyl halides is 1. The lowest BCUT2D eigenvalue weighted by atomic mass is 10.00. The molecule has 0 spiro atoms. The molecule has 0 fully saturated rings. The van der Waals surface area contributed by atoms with Crippen LogP contribution in [0.3, 0.4) is 0 Å². The Kier molecular flexibility index (Phi) is 6.26. The van der Waals surface area contributed by atoms with Crippen LogP contribution in [0.4, 0.5) is 4.39 Å². The number of hydrogen-bond donors (Lipinski definition) is 1. The number of aromatic carboxylic acids is 1. The molecule has 152 valence electrons. The van der Waals surface area contributed by atoms with E-state index in [2.05, 4.69) is 5.10 Å². The van der Waals surface area contributed by atoms with Crippen LogP contribution in [0.25, 0.3) is 5.69 Å². The number of ketones is 1. The number of nitrogens with zero attached hydrogens (tertiary/aromatic N) is 3. The Bertz CT molecular complexity index is 1010. The van der Waals surface area contributed by atoms with Gasteiger partial charge in [-0.15, -0.1) is 0 Å². The minimum absolute atomic E-state index is 0.0403. The zero-order valence-corrected chi connectivity index (χ0v) is 16.5. The second-order valence-electron chi connectivity index (χ2n) is 6.86. The van der Waals surface area contributed by atoms with Gasteiger partial charge in [-0.1, -0.05) is 25.1 Å². The number of carboxylic acid groups (broad SMARTS) is 1. The van der Waals surface area contributed by atoms with Gasteiger partial charge in [0.2, 0.25) is 0 Å². The normalized spacial score (nSPS) is 12.1. The first kappa shape index (κ1) is 20.5. The SMILES string of the molecule is CCc1c(CC(F)C(=O)Cc2cn(CC)cc2C(=O)O)cnn1-c1ccccc1. The van der Waals surface area contributed by atoms with Crippen molar-refractivity contribution in [2.45, 2.75) is 45.8 Å². The van der Waals surface area contributed by atoms with Crippen LogP contribution in [0.1, 0.15) is 41.0 Å². The highest BCUT2D eigenvalue weighted by Crippen LogP contribution is 2.20. The van der Waals surface area contributed by atoms with Crippen molar-refractivity contribution in [3.63, 3.8) is 0 Å². The summed E-state index contributed by atoms with van der Waals surface area (Å²) >= 11 is 0. The van der Waals surface area contributed by atoms with Crippen molar-refractivity contribution in [2.24, 2.45) is 0 Å². The molecule has 2 heterocycles. The van der Waals surface area contributed by atoms with Gasteiger partial charge in [0.05, 0.1) is 17.4 Å². The van der Waals surface area contributed by atoms with Crippen LogP contribution in [0.15, 0.2) is 48.9 Å². The highest BCUT2D eigenvalue weighted by atomic mass is 19.1. The fourth-order valence-electron chi connectivity index (χ4n) is 3.42. The van der Waals surface area contributed by atoms with Gasteiger partial charge in [-0.3, -0.25) is 4.79 Å². The minimum Gasteiger partial charge on any atom is -0.478 e. The van der Waals surface area contributed by atoms with E-state index >= 15 is 0 Å². The molecule has 1 atom stereocenters. The van der Waals surface area contributed by atoms with E-state index in [-0.39, 0.29) is 18.4 Å². The molecular weight excluding hydrogens is 373 g/mol. The molecule has 0 saturated heterocycles. The van der Waals surface area contributed by atoms with Crippen molar-refractivity contribution in [2.75, 3.05) is 0 Å². The molecule has 0 aliphatic heterocycles. The number of halogens is 1. The summed E-state index contributed by atoms with van der Waals surface area (Å²) in [6.07, 6.45) is 3.27. The van der Waals surface area contributed by atoms with Gasteiger partial charge < -0.3 is 9.67 Å². The fourth-order valence-corrected chi connectivity index (χ4v) is 3.42. The van der Waals surface area contributed by atoms with Crippen molar-refractivity contribution in [3.8, 4) is 5.69 Å². The molecule has 3 aromatic rings. The number of hydrogen-bond acceptors (Lipinski definition) is 3. The third-order valence-corrected chi connectivity index (χ3v) is 4.96. The van der Waals surface area contributed by atoms with Gasteiger partial charge in [-0.05, 0) is 36.6 Å². The second kappa shape index (κ2) is 8.86. The Balaban J connectivity index is 1.76. The van der Waals surface area contributed by atoms with Crippen molar-refractivity contribution in [1.82, 2.24) is 14.3 Å². The van der Waals surface area contributed by atoms with Gasteiger partial charge in [0.1, 0.15) is 0 Å². The number of aromatic nitrogens is 3. The summed E-state index contributed by atoms with van der Waals surface area (Å²) in [6.45, 7) is 4.40. The lowest BCUT2D eigenvalue weighted by Crippen LogP contribution is -2.21. The summed E-state index contributed by atoms with van der Waals surface area (Å²) in [4.78, 5) is 23.8. The Morgan fingerprint density at radius 3 is 2.48 bits per heavy atom. The standard InChI is InChI=1S/C22H24FN3O3/c1-3-20-15(12-24-26(20)17-8-6-5-7-9-17)10-19(23)21(27)11-16-13-25(4-2)14-18(16)22(28)29/h5-9,12-14,19H,3-4,10-11H2,1-2H3,(H,28,29). The molecule has 1 aromatic carbocycles. The predicted octanol–water partition coefficient (Wildman–Crippen LogP) is 3.65. The molecule has 29 heavy (non-hydrogen) atoms. The molecule has 3 rings (SSSR count). The topological polar surface area (TPSA) is 77.1 Å². The van der Waals surface area contributed by atoms with Crippen molar-refractivity contribution in [1.29, 1.82) is 0 Å². The number of carboxylic acids is 1. The molecule has 1 unspecified atom stereocenters. The average molecular weight is 397 g/mol. The molecular formula is C22H24FN3O3. The van der Waals surface area contributed by atoms with Crippen LogP contribution in [-0.4, -0.2) is 37.4 Å². The summed E-state index contributed by atoms with van der Waals surface area (Å²) in [5.41, 5.74) is 2.79. The van der Waals surface area contributed by atoms with E-state index in [1.54, 1.807) is 21.6 Å². The average Bonchev–Trinajstić information content (AvgIpc) is 3.32. The maximum Gasteiger partial charge on any atom is 0.337 e. The smallest absolute Gasteiger partial charge is 0.337 e. The monoisotopic (exact) mass is 397 g/mol. The third-order valence-electron chi connectivity index (χ3n) is 4.96. The summed E-state index contributed by atoms with van der Waals surface area (Å²) in [5.74, 6) is -1.75. The number of aryl methyl sites for hydroxylation is 1. The van der Waals surface area contributed by atoms with E-state index in [4.69, 9.17) is 0 Å². The first-order chi connectivity index (χ1) is 13.9. The van der Waals surface area contributed by atoms with Crippen molar-refractivity contribution in [3.05, 3.63) is 71.3 Å². The van der Waals surface area contributed by atoms with Crippen LogP contribution < -0.4 is 0 Å². The molecule has 0 aliphatic rings. The molecule has 6 nitrogen and oxygen atoms in total. The molecule has 0 saturated carbocycles. The highest BCUT2D eigenvalue weighted by Gasteiger charge is 2.24. The lowest BCUT2D eigenvalue weighted by molar-refractivity contribution is -0.123. The van der Waals surface area contributed by atoms with E-state index in [9.17, 15) is 19.1 Å². The van der Waals surface area contributed by atoms with E-state index in [1.165, 1.54) is 6.20 Å². The maximum absolute atomic E-state index is 14.8. The summed E-state index contributed by atoms with van der Waals surface area (Å²) in [5, 5.41) is 13.7. The zero-order chi connectivity index (χ0) is 21.0. The Hall–Kier alpha value is -3.22. The van der Waals surface area contributed by atoms with E-state index in [0.717, 1.165) is 11.4 Å². The van der Waals surface area contributed by atoms with Gasteiger partial charge >= 0.3 is 5.97 Å². The number of para-hydroxylation sites is 1. The number of Topliss-reactive ketones (excluding diaryl/α,β-unsaturated/α-hetero) is 1. The predicted molar refractivity (Wildman–Crippen MR) is 107 cm³/mol. The van der Waals surface area contributed by atoms with Crippen molar-refractivity contribution >= 4 is 11.8 Å². The quantitative estimate of drug-likeness (QED) is 0.598. The van der Waals surface area contributed by atoms with Crippen LogP contribution in [-0.2, 0) is 30.6 Å². The summed E-state index contributed by atoms with van der Waals surface area (Å²) in [6, 6.07) is 9.55. The first-order valence-corrected chi connectivity index (χ1v) is 9.64. The van der Waals surface area contributed by atoms with Crippen LogP contribution in [0.2, 0.25) is 0 Å². The van der Waals surface area contributed by atoms with E-state index in [0.29, 0.717) is 24.1 Å². The molecule has 0 aliphatic carbocycles. The van der Waals surface area contributed by atoms with Gasteiger partial charge in [-0.25, -0.2) is 13.9 Å². The summed E-state index contributed by atoms with van der Waals surface area (Å²) < 4.78 is 18.2. The summed E-state index contributed by atoms with van der Waals surface area (Å²) in [7, 11) is 0.